The van der Waals surface area contributed by atoms with Crippen LogP contribution in [0.2, 0.25) is 0 Å². The number of carboxylic acids is 1. The molecule has 0 saturated carbocycles. The van der Waals surface area contributed by atoms with Crippen molar-refractivity contribution in [1.29, 1.82) is 0 Å². The summed E-state index contributed by atoms with van der Waals surface area (Å²) in [7, 11) is 0. The van der Waals surface area contributed by atoms with Crippen LogP contribution in [0.15, 0.2) is 18.2 Å². The number of ether oxygens (including phenoxy) is 1. The van der Waals surface area contributed by atoms with Gasteiger partial charge in [0.2, 0.25) is 5.91 Å². The number of alkyl halides is 2. The zero-order valence-corrected chi connectivity index (χ0v) is 10.2. The van der Waals surface area contributed by atoms with Gasteiger partial charge in [-0.15, -0.1) is 0 Å². The first-order chi connectivity index (χ1) is 9.41. The summed E-state index contributed by atoms with van der Waals surface area (Å²) < 4.78 is 41.5. The number of anilines is 1. The molecule has 0 aliphatic carbocycles. The molecule has 110 valence electrons. The molecule has 0 radical (unpaired) electrons. The third-order valence-electron chi connectivity index (χ3n) is 2.23. The van der Waals surface area contributed by atoms with Crippen molar-refractivity contribution in [2.45, 2.75) is 12.8 Å². The molecule has 5 nitrogen and oxygen atoms in total. The average molecular weight is 291 g/mol. The minimum atomic E-state index is -2.64. The molecule has 0 aliphatic heterocycles. The van der Waals surface area contributed by atoms with Gasteiger partial charge in [-0.1, -0.05) is 6.07 Å². The van der Waals surface area contributed by atoms with Crippen molar-refractivity contribution in [1.82, 2.24) is 0 Å². The second kappa shape index (κ2) is 7.49. The van der Waals surface area contributed by atoms with E-state index in [0.717, 1.165) is 12.1 Å². The van der Waals surface area contributed by atoms with Gasteiger partial charge in [0.25, 0.3) is 6.43 Å². The number of amides is 1. The zero-order valence-electron chi connectivity index (χ0n) is 10.2. The van der Waals surface area contributed by atoms with Crippen LogP contribution in [0.4, 0.5) is 18.9 Å². The molecule has 0 aliphatic rings. The summed E-state index contributed by atoms with van der Waals surface area (Å²) >= 11 is 0. The van der Waals surface area contributed by atoms with Gasteiger partial charge in [0.15, 0.2) is 0 Å². The minimum absolute atomic E-state index is 0.271. The molecule has 0 bridgehead atoms. The highest BCUT2D eigenvalue weighted by molar-refractivity contribution is 6.00. The Kier molecular flexibility index (Phi) is 5.98. The number of para-hydroxylation sites is 1. The number of hydrogen-bond donors (Lipinski definition) is 2. The van der Waals surface area contributed by atoms with Crippen LogP contribution in [0.3, 0.4) is 0 Å². The maximum Gasteiger partial charge on any atom is 0.337 e. The summed E-state index contributed by atoms with van der Waals surface area (Å²) in [5.74, 6) is -3.02. The lowest BCUT2D eigenvalue weighted by atomic mass is 10.1. The Balaban J connectivity index is 2.60. The molecule has 20 heavy (non-hydrogen) atoms. The van der Waals surface area contributed by atoms with Crippen molar-refractivity contribution in [3.8, 4) is 0 Å². The van der Waals surface area contributed by atoms with Gasteiger partial charge in [-0.2, -0.15) is 0 Å². The number of carbonyl (C=O) groups is 2. The van der Waals surface area contributed by atoms with E-state index in [0.29, 0.717) is 0 Å². The Morgan fingerprint density at radius 2 is 2.05 bits per heavy atom. The average Bonchev–Trinajstić information content (AvgIpc) is 2.36. The van der Waals surface area contributed by atoms with Crippen LogP contribution in [-0.4, -0.2) is 36.6 Å². The fourth-order valence-corrected chi connectivity index (χ4v) is 1.37. The van der Waals surface area contributed by atoms with E-state index in [1.807, 2.05) is 0 Å². The number of carboxylic acid groups (broad SMARTS) is 1. The third kappa shape index (κ3) is 4.88. The second-order valence-electron chi connectivity index (χ2n) is 3.73. The van der Waals surface area contributed by atoms with Gasteiger partial charge < -0.3 is 15.2 Å². The van der Waals surface area contributed by atoms with E-state index in [1.165, 1.54) is 6.07 Å². The molecule has 0 aromatic heterocycles. The van der Waals surface area contributed by atoms with Gasteiger partial charge in [0.1, 0.15) is 12.4 Å². The summed E-state index contributed by atoms with van der Waals surface area (Å²) in [5, 5.41) is 10.9. The molecule has 2 N–H and O–H groups in total. The molecule has 1 amide bonds. The van der Waals surface area contributed by atoms with Gasteiger partial charge in [-0.3, -0.25) is 4.79 Å². The molecule has 0 heterocycles. The Morgan fingerprint density at radius 3 is 2.65 bits per heavy atom. The van der Waals surface area contributed by atoms with Gasteiger partial charge in [-0.25, -0.2) is 18.0 Å². The van der Waals surface area contributed by atoms with Crippen molar-refractivity contribution in [2.24, 2.45) is 0 Å². The van der Waals surface area contributed by atoms with E-state index in [9.17, 15) is 22.8 Å². The molecule has 0 saturated heterocycles. The number of hydrogen-bond acceptors (Lipinski definition) is 3. The molecular formula is C12H12F3NO4. The van der Waals surface area contributed by atoms with Crippen LogP contribution in [0.5, 0.6) is 0 Å². The summed E-state index contributed by atoms with van der Waals surface area (Å²) in [4.78, 5) is 22.3. The van der Waals surface area contributed by atoms with E-state index >= 15 is 0 Å². The van der Waals surface area contributed by atoms with Crippen LogP contribution in [0.25, 0.3) is 0 Å². The van der Waals surface area contributed by atoms with Crippen molar-refractivity contribution >= 4 is 17.6 Å². The monoisotopic (exact) mass is 291 g/mol. The predicted octanol–water partition coefficient (Wildman–Crippen LogP) is 2.13. The molecule has 1 aromatic rings. The maximum absolute atomic E-state index is 13.5. The Bertz CT molecular complexity index is 494. The first-order valence-corrected chi connectivity index (χ1v) is 5.59. The molecule has 1 aromatic carbocycles. The van der Waals surface area contributed by atoms with Crippen LogP contribution < -0.4 is 5.32 Å². The lowest BCUT2D eigenvalue weighted by Gasteiger charge is -2.09. The van der Waals surface area contributed by atoms with Crippen molar-refractivity contribution < 1.29 is 32.6 Å². The van der Waals surface area contributed by atoms with Gasteiger partial charge >= 0.3 is 5.97 Å². The number of benzene rings is 1. The summed E-state index contributed by atoms with van der Waals surface area (Å²) in [6.45, 7) is -1.07. The van der Waals surface area contributed by atoms with Crippen LogP contribution >= 0.6 is 0 Å². The van der Waals surface area contributed by atoms with Crippen LogP contribution in [0.1, 0.15) is 16.8 Å². The van der Waals surface area contributed by atoms with E-state index in [4.69, 9.17) is 5.11 Å². The number of halogens is 3. The predicted molar refractivity (Wildman–Crippen MR) is 63.4 cm³/mol. The summed E-state index contributed by atoms with van der Waals surface area (Å²) in [5.41, 5.74) is -0.856. The molecule has 1 rings (SSSR count). The topological polar surface area (TPSA) is 75.6 Å². The fourth-order valence-electron chi connectivity index (χ4n) is 1.37. The number of rotatable bonds is 7. The first-order valence-electron chi connectivity index (χ1n) is 5.59. The lowest BCUT2D eigenvalue weighted by Crippen LogP contribution is -2.18. The number of aromatic carboxylic acids is 1. The molecule has 0 spiro atoms. The highest BCUT2D eigenvalue weighted by Crippen LogP contribution is 2.20. The molecular weight excluding hydrogens is 279 g/mol. The molecule has 0 atom stereocenters. The van der Waals surface area contributed by atoms with E-state index in [1.54, 1.807) is 0 Å². The normalized spacial score (nSPS) is 10.6. The SMILES string of the molecule is O=C(CCOCC(F)F)Nc1c(F)cccc1C(=O)O. The van der Waals surface area contributed by atoms with E-state index in [-0.39, 0.29) is 13.0 Å². The Labute approximate surface area is 112 Å². The Morgan fingerprint density at radius 1 is 1.35 bits per heavy atom. The molecule has 0 fully saturated rings. The number of nitrogens with one attached hydrogen (secondary N) is 1. The molecule has 8 heteroatoms. The quantitative estimate of drug-likeness (QED) is 0.755. The second-order valence-corrected chi connectivity index (χ2v) is 3.73. The Hall–Kier alpha value is -2.09. The van der Waals surface area contributed by atoms with E-state index < -0.39 is 42.0 Å². The smallest absolute Gasteiger partial charge is 0.337 e. The first kappa shape index (κ1) is 16.0. The van der Waals surface area contributed by atoms with Crippen molar-refractivity contribution in [3.05, 3.63) is 29.6 Å². The fraction of sp³-hybridized carbons (Fsp3) is 0.333. The van der Waals surface area contributed by atoms with Gasteiger partial charge in [-0.05, 0) is 12.1 Å². The van der Waals surface area contributed by atoms with E-state index in [2.05, 4.69) is 10.1 Å². The minimum Gasteiger partial charge on any atom is -0.478 e. The number of carbonyl (C=O) groups excluding carboxylic acids is 1. The third-order valence-corrected chi connectivity index (χ3v) is 2.23. The van der Waals surface area contributed by atoms with Gasteiger partial charge in [0.05, 0.1) is 24.3 Å². The molecule has 0 unspecified atom stereocenters. The maximum atomic E-state index is 13.5. The standard InChI is InChI=1S/C12H12F3NO4/c13-8-3-1-2-7(12(18)19)11(8)16-10(17)4-5-20-6-9(14)15/h1-3,9H,4-6H2,(H,16,17)(H,18,19). The van der Waals surface area contributed by atoms with Crippen LogP contribution in [0, 0.1) is 5.82 Å². The summed E-state index contributed by atoms with van der Waals surface area (Å²) in [6.07, 6.45) is -2.93. The highest BCUT2D eigenvalue weighted by atomic mass is 19.3. The van der Waals surface area contributed by atoms with Crippen molar-refractivity contribution in [3.63, 3.8) is 0 Å². The largest absolute Gasteiger partial charge is 0.478 e. The van der Waals surface area contributed by atoms with Crippen molar-refractivity contribution in [2.75, 3.05) is 18.5 Å². The van der Waals surface area contributed by atoms with Gasteiger partial charge in [0, 0.05) is 0 Å². The lowest BCUT2D eigenvalue weighted by molar-refractivity contribution is -0.117. The zero-order chi connectivity index (χ0) is 15.1. The van der Waals surface area contributed by atoms with Crippen LogP contribution in [-0.2, 0) is 9.53 Å². The summed E-state index contributed by atoms with van der Waals surface area (Å²) in [6, 6.07) is 3.32. The highest BCUT2D eigenvalue weighted by Gasteiger charge is 2.16.